The molecule has 5 rings (SSSR count). The number of hydrogen-bond donors (Lipinski definition) is 2. The fourth-order valence-corrected chi connectivity index (χ4v) is 4.13. The van der Waals surface area contributed by atoms with Gasteiger partial charge in [-0.05, 0) is 37.6 Å². The van der Waals surface area contributed by atoms with Gasteiger partial charge in [0.05, 0.1) is 15.6 Å². The molecule has 0 spiro atoms. The van der Waals surface area contributed by atoms with E-state index in [0.717, 1.165) is 48.5 Å². The van der Waals surface area contributed by atoms with Gasteiger partial charge in [0.2, 0.25) is 0 Å². The largest absolute Gasteiger partial charge is 0.322 e. The molecule has 0 aliphatic rings. The van der Waals surface area contributed by atoms with Crippen LogP contribution >= 0.6 is 11.3 Å². The molecule has 7 nitrogen and oxygen atoms in total. The van der Waals surface area contributed by atoms with Crippen molar-refractivity contribution in [2.24, 2.45) is 0 Å². The second-order valence-corrected chi connectivity index (χ2v) is 6.86. The lowest BCUT2D eigenvalue weighted by molar-refractivity contribution is 1.08. The van der Waals surface area contributed by atoms with Crippen LogP contribution in [0.4, 0.5) is 11.6 Å². The van der Waals surface area contributed by atoms with Gasteiger partial charge in [-0.3, -0.25) is 5.10 Å². The van der Waals surface area contributed by atoms with E-state index >= 15 is 0 Å². The zero-order valence-electron chi connectivity index (χ0n) is 13.5. The minimum Gasteiger partial charge on any atom is -0.322 e. The number of thiophene rings is 1. The summed E-state index contributed by atoms with van der Waals surface area (Å²) in [6.45, 7) is 4.02. The molecule has 25 heavy (non-hydrogen) atoms. The highest BCUT2D eigenvalue weighted by Crippen LogP contribution is 2.36. The first kappa shape index (κ1) is 14.2. The predicted octanol–water partition coefficient (Wildman–Crippen LogP) is 3.87. The summed E-state index contributed by atoms with van der Waals surface area (Å²) in [5.74, 6) is 1.44. The lowest BCUT2D eigenvalue weighted by Gasteiger charge is -2.05. The molecule has 0 unspecified atom stereocenters. The summed E-state index contributed by atoms with van der Waals surface area (Å²) in [6.07, 6.45) is 3.35. The van der Waals surface area contributed by atoms with Crippen molar-refractivity contribution in [2.75, 3.05) is 5.32 Å². The van der Waals surface area contributed by atoms with Crippen LogP contribution < -0.4 is 5.32 Å². The fourth-order valence-electron chi connectivity index (χ4n) is 3.08. The smallest absolute Gasteiger partial charge is 0.163 e. The summed E-state index contributed by atoms with van der Waals surface area (Å²) < 4.78 is 0.963. The highest BCUT2D eigenvalue weighted by atomic mass is 32.1. The maximum Gasteiger partial charge on any atom is 0.163 e. The number of pyridine rings is 2. The van der Waals surface area contributed by atoms with Crippen molar-refractivity contribution in [1.29, 1.82) is 0 Å². The van der Waals surface area contributed by atoms with Gasteiger partial charge in [-0.15, -0.1) is 11.3 Å². The maximum absolute atomic E-state index is 4.50. The Bertz CT molecular complexity index is 1250. The van der Waals surface area contributed by atoms with Crippen LogP contribution in [0.1, 0.15) is 11.3 Å². The topological polar surface area (TPSA) is 92.3 Å². The number of aryl methyl sites for hydroxylation is 2. The zero-order valence-corrected chi connectivity index (χ0v) is 14.3. The molecule has 5 heterocycles. The van der Waals surface area contributed by atoms with Crippen molar-refractivity contribution < 1.29 is 0 Å². The highest BCUT2D eigenvalue weighted by molar-refractivity contribution is 7.25. The van der Waals surface area contributed by atoms with Gasteiger partial charge in [-0.2, -0.15) is 5.10 Å². The van der Waals surface area contributed by atoms with Crippen molar-refractivity contribution in [3.63, 3.8) is 0 Å². The van der Waals surface area contributed by atoms with Gasteiger partial charge in [0, 0.05) is 17.3 Å². The Balaban J connectivity index is 1.70. The molecule has 0 bridgehead atoms. The van der Waals surface area contributed by atoms with Crippen molar-refractivity contribution in [3.05, 3.63) is 42.0 Å². The average Bonchev–Trinajstić information content (AvgIpc) is 3.17. The Kier molecular flexibility index (Phi) is 2.95. The van der Waals surface area contributed by atoms with Crippen molar-refractivity contribution >= 4 is 54.4 Å². The molecule has 0 aliphatic carbocycles. The fraction of sp³-hybridized carbons (Fsp3) is 0.118. The molecule has 0 saturated heterocycles. The van der Waals surface area contributed by atoms with E-state index in [0.29, 0.717) is 5.82 Å². The van der Waals surface area contributed by atoms with E-state index in [1.807, 2.05) is 25.1 Å². The SMILES string of the molecule is Cc1cc(C)c2c(Nc3ncnc4c3sc3ncccc34)n[nH]c2n1. The van der Waals surface area contributed by atoms with Crippen LogP contribution in [-0.2, 0) is 0 Å². The zero-order chi connectivity index (χ0) is 17.0. The number of fused-ring (bicyclic) bond motifs is 4. The number of H-pyrrole nitrogens is 1. The van der Waals surface area contributed by atoms with Crippen LogP contribution in [-0.4, -0.2) is 30.1 Å². The lowest BCUT2D eigenvalue weighted by Crippen LogP contribution is -1.96. The number of nitrogens with one attached hydrogen (secondary N) is 2. The number of anilines is 2. The highest BCUT2D eigenvalue weighted by Gasteiger charge is 2.15. The molecule has 0 aliphatic heterocycles. The quantitative estimate of drug-likeness (QED) is 0.503. The minimum absolute atomic E-state index is 0.713. The molecule has 0 fully saturated rings. The van der Waals surface area contributed by atoms with Crippen LogP contribution in [0, 0.1) is 13.8 Å². The Hall–Kier alpha value is -3.13. The Morgan fingerprint density at radius 1 is 1.12 bits per heavy atom. The van der Waals surface area contributed by atoms with Crippen LogP contribution in [0.5, 0.6) is 0 Å². The second kappa shape index (κ2) is 5.18. The first-order valence-corrected chi connectivity index (χ1v) is 8.60. The van der Waals surface area contributed by atoms with Crippen molar-refractivity contribution in [3.8, 4) is 0 Å². The number of nitrogens with zero attached hydrogens (tertiary/aromatic N) is 5. The maximum atomic E-state index is 4.50. The van der Waals surface area contributed by atoms with E-state index in [1.54, 1.807) is 23.9 Å². The standard InChI is InChI=1S/C17H13N7S/c1-8-6-9(2)21-14-11(8)15(24-23-14)22-16-13-12(19-7-20-16)10-4-3-5-18-17(10)25-13/h3-7H,1-2H3,(H2,19,20,21,22,23,24). The van der Waals surface area contributed by atoms with Crippen molar-refractivity contribution in [2.45, 2.75) is 13.8 Å². The molecule has 2 N–H and O–H groups in total. The van der Waals surface area contributed by atoms with E-state index in [-0.39, 0.29) is 0 Å². The Morgan fingerprint density at radius 2 is 2.04 bits per heavy atom. The van der Waals surface area contributed by atoms with E-state index in [9.17, 15) is 0 Å². The number of aromatic amines is 1. The first-order valence-electron chi connectivity index (χ1n) is 7.78. The molecule has 5 aromatic heterocycles. The number of hydrogen-bond acceptors (Lipinski definition) is 7. The van der Waals surface area contributed by atoms with Gasteiger partial charge < -0.3 is 5.32 Å². The monoisotopic (exact) mass is 347 g/mol. The normalized spacial score (nSPS) is 11.6. The molecule has 0 radical (unpaired) electrons. The molecule has 0 saturated carbocycles. The van der Waals surface area contributed by atoms with Crippen LogP contribution in [0.25, 0.3) is 31.5 Å². The molecule has 0 aromatic carbocycles. The van der Waals surface area contributed by atoms with E-state index in [1.165, 1.54) is 0 Å². The van der Waals surface area contributed by atoms with E-state index in [2.05, 4.69) is 42.4 Å². The van der Waals surface area contributed by atoms with Crippen LogP contribution in [0.3, 0.4) is 0 Å². The van der Waals surface area contributed by atoms with Crippen molar-refractivity contribution in [1.82, 2.24) is 30.1 Å². The minimum atomic E-state index is 0.713. The average molecular weight is 347 g/mol. The van der Waals surface area contributed by atoms with Gasteiger partial charge in [0.1, 0.15) is 11.2 Å². The Labute approximate surface area is 146 Å². The van der Waals surface area contributed by atoms with Gasteiger partial charge in [0.25, 0.3) is 0 Å². The molecule has 8 heteroatoms. The number of aromatic nitrogens is 6. The Morgan fingerprint density at radius 3 is 2.96 bits per heavy atom. The third-order valence-electron chi connectivity index (χ3n) is 4.12. The van der Waals surface area contributed by atoms with Gasteiger partial charge in [-0.1, -0.05) is 0 Å². The molecule has 0 amide bonds. The third-order valence-corrected chi connectivity index (χ3v) is 5.23. The summed E-state index contributed by atoms with van der Waals surface area (Å²) in [7, 11) is 0. The third kappa shape index (κ3) is 2.14. The van der Waals surface area contributed by atoms with Gasteiger partial charge >= 0.3 is 0 Å². The van der Waals surface area contributed by atoms with E-state index < -0.39 is 0 Å². The van der Waals surface area contributed by atoms with E-state index in [4.69, 9.17) is 0 Å². The molecule has 122 valence electrons. The summed E-state index contributed by atoms with van der Waals surface area (Å²) in [5.41, 5.74) is 3.74. The first-order chi connectivity index (χ1) is 12.2. The number of rotatable bonds is 2. The molecular weight excluding hydrogens is 334 g/mol. The van der Waals surface area contributed by atoms with Crippen LogP contribution in [0.15, 0.2) is 30.7 Å². The van der Waals surface area contributed by atoms with Crippen LogP contribution in [0.2, 0.25) is 0 Å². The second-order valence-electron chi connectivity index (χ2n) is 5.86. The summed E-state index contributed by atoms with van der Waals surface area (Å²) in [4.78, 5) is 18.7. The van der Waals surface area contributed by atoms with Gasteiger partial charge in [0.15, 0.2) is 17.3 Å². The summed E-state index contributed by atoms with van der Waals surface area (Å²) in [6, 6.07) is 5.99. The molecular formula is C17H13N7S. The predicted molar refractivity (Wildman–Crippen MR) is 99.4 cm³/mol. The molecule has 0 atom stereocenters. The lowest BCUT2D eigenvalue weighted by atomic mass is 10.2. The molecule has 5 aromatic rings. The van der Waals surface area contributed by atoms with Gasteiger partial charge in [-0.25, -0.2) is 19.9 Å². The summed E-state index contributed by atoms with van der Waals surface area (Å²) in [5, 5.41) is 12.7. The summed E-state index contributed by atoms with van der Waals surface area (Å²) >= 11 is 1.57.